The Balaban J connectivity index is 1.37. The van der Waals surface area contributed by atoms with Crippen molar-refractivity contribution in [1.82, 2.24) is 0 Å². The molecule has 3 heteroatoms. The molecule has 2 N–H and O–H groups in total. The van der Waals surface area contributed by atoms with Crippen molar-refractivity contribution >= 4 is 0 Å². The Morgan fingerprint density at radius 2 is 1.45 bits per heavy atom. The second-order valence-electron chi connectivity index (χ2n) is 7.77. The largest absolute Gasteiger partial charge is 0.493 e. The van der Waals surface area contributed by atoms with Crippen LogP contribution in [-0.2, 0) is 11.3 Å². The van der Waals surface area contributed by atoms with Gasteiger partial charge in [0.2, 0.25) is 0 Å². The summed E-state index contributed by atoms with van der Waals surface area (Å²) in [6.45, 7) is 1.99. The molecule has 3 nitrogen and oxygen atoms in total. The smallest absolute Gasteiger partial charge is 0.119 e. The Labute approximate surface area is 173 Å². The summed E-state index contributed by atoms with van der Waals surface area (Å²) in [5.74, 6) is 1.59. The highest BCUT2D eigenvalue weighted by atomic mass is 16.5. The highest BCUT2D eigenvalue weighted by Gasteiger charge is 2.30. The standard InChI is InChI=1S/C26H29NO2/c27-17-20-11-14-24(15-12-20)28-18-21-13-16-25(29-19-21)26(22-7-3-1-4-8-22)23-9-5-2-6-10-23/h1-12,14-15,21,25-26H,13,16-19,27H2. The molecule has 150 valence electrons. The van der Waals surface area contributed by atoms with Gasteiger partial charge >= 0.3 is 0 Å². The lowest BCUT2D eigenvalue weighted by Crippen LogP contribution is -2.33. The molecule has 0 aliphatic carbocycles. The van der Waals surface area contributed by atoms with Crippen LogP contribution in [0.3, 0.4) is 0 Å². The van der Waals surface area contributed by atoms with Crippen LogP contribution in [0, 0.1) is 5.92 Å². The van der Waals surface area contributed by atoms with Crippen molar-refractivity contribution in [2.45, 2.75) is 31.4 Å². The molecule has 3 aromatic rings. The second kappa shape index (κ2) is 9.73. The Bertz CT molecular complexity index is 817. The summed E-state index contributed by atoms with van der Waals surface area (Å²) >= 11 is 0. The summed E-state index contributed by atoms with van der Waals surface area (Å²) in [6, 6.07) is 29.5. The fraction of sp³-hybridized carbons (Fsp3) is 0.308. The lowest BCUT2D eigenvalue weighted by molar-refractivity contribution is -0.0342. The number of nitrogens with two attached hydrogens (primary N) is 1. The van der Waals surface area contributed by atoms with Crippen molar-refractivity contribution < 1.29 is 9.47 Å². The Kier molecular flexibility index (Phi) is 6.60. The van der Waals surface area contributed by atoms with Crippen molar-refractivity contribution in [3.8, 4) is 5.75 Å². The van der Waals surface area contributed by atoms with Crippen molar-refractivity contribution in [3.63, 3.8) is 0 Å². The second-order valence-corrected chi connectivity index (χ2v) is 7.77. The van der Waals surface area contributed by atoms with Crippen molar-refractivity contribution in [1.29, 1.82) is 0 Å². The van der Waals surface area contributed by atoms with Crippen LogP contribution in [0.25, 0.3) is 0 Å². The Morgan fingerprint density at radius 1 is 0.828 bits per heavy atom. The molecule has 2 unspecified atom stereocenters. The van der Waals surface area contributed by atoms with Gasteiger partial charge < -0.3 is 15.2 Å². The molecule has 1 saturated heterocycles. The summed E-state index contributed by atoms with van der Waals surface area (Å²) in [4.78, 5) is 0. The zero-order chi connectivity index (χ0) is 19.9. The zero-order valence-corrected chi connectivity index (χ0v) is 16.7. The number of rotatable bonds is 7. The molecule has 0 bridgehead atoms. The van der Waals surface area contributed by atoms with Crippen molar-refractivity contribution in [2.75, 3.05) is 13.2 Å². The van der Waals surface area contributed by atoms with Crippen LogP contribution >= 0.6 is 0 Å². The van der Waals surface area contributed by atoms with E-state index in [4.69, 9.17) is 15.2 Å². The van der Waals surface area contributed by atoms with Crippen molar-refractivity contribution in [3.05, 3.63) is 102 Å². The highest BCUT2D eigenvalue weighted by Crippen LogP contribution is 2.35. The minimum absolute atomic E-state index is 0.194. The summed E-state index contributed by atoms with van der Waals surface area (Å²) < 4.78 is 12.4. The van der Waals surface area contributed by atoms with Gasteiger partial charge in [-0.25, -0.2) is 0 Å². The van der Waals surface area contributed by atoms with Gasteiger partial charge in [-0.3, -0.25) is 0 Å². The Hall–Kier alpha value is -2.62. The maximum Gasteiger partial charge on any atom is 0.119 e. The number of ether oxygens (including phenoxy) is 2. The predicted octanol–water partition coefficient (Wildman–Crippen LogP) is 5.15. The van der Waals surface area contributed by atoms with E-state index < -0.39 is 0 Å². The van der Waals surface area contributed by atoms with Crippen LogP contribution in [0.15, 0.2) is 84.9 Å². The van der Waals surface area contributed by atoms with Gasteiger partial charge in [0.1, 0.15) is 5.75 Å². The number of hydrogen-bond donors (Lipinski definition) is 1. The molecule has 1 aliphatic rings. The summed E-state index contributed by atoms with van der Waals surface area (Å²) in [5, 5.41) is 0. The maximum atomic E-state index is 6.39. The van der Waals surface area contributed by atoms with Crippen LogP contribution in [-0.4, -0.2) is 19.3 Å². The summed E-state index contributed by atoms with van der Waals surface area (Å²) in [7, 11) is 0. The molecule has 2 atom stereocenters. The first-order valence-electron chi connectivity index (χ1n) is 10.5. The van der Waals surface area contributed by atoms with E-state index in [1.807, 2.05) is 24.3 Å². The molecule has 1 heterocycles. The molecule has 1 fully saturated rings. The van der Waals surface area contributed by atoms with E-state index in [1.54, 1.807) is 0 Å². The van der Waals surface area contributed by atoms with Gasteiger partial charge in [0.15, 0.2) is 0 Å². The van der Waals surface area contributed by atoms with Gasteiger partial charge in [0.05, 0.1) is 19.3 Å². The van der Waals surface area contributed by atoms with Crippen LogP contribution in [0.1, 0.15) is 35.4 Å². The third kappa shape index (κ3) is 5.06. The molecule has 3 aromatic carbocycles. The average Bonchev–Trinajstić information content (AvgIpc) is 2.80. The molecule has 29 heavy (non-hydrogen) atoms. The third-order valence-electron chi connectivity index (χ3n) is 5.74. The molecule has 0 saturated carbocycles. The fourth-order valence-corrected chi connectivity index (χ4v) is 4.10. The maximum absolute atomic E-state index is 6.39. The highest BCUT2D eigenvalue weighted by molar-refractivity contribution is 5.34. The fourth-order valence-electron chi connectivity index (χ4n) is 4.10. The van der Waals surface area contributed by atoms with Crippen LogP contribution < -0.4 is 10.5 Å². The molecule has 0 amide bonds. The zero-order valence-electron chi connectivity index (χ0n) is 16.7. The minimum atomic E-state index is 0.194. The van der Waals surface area contributed by atoms with Crippen LogP contribution in [0.5, 0.6) is 5.75 Å². The van der Waals surface area contributed by atoms with E-state index in [9.17, 15) is 0 Å². The normalized spacial score (nSPS) is 19.2. The third-order valence-corrected chi connectivity index (χ3v) is 5.74. The summed E-state index contributed by atoms with van der Waals surface area (Å²) in [5.41, 5.74) is 9.41. The first-order chi connectivity index (χ1) is 14.3. The monoisotopic (exact) mass is 387 g/mol. The van der Waals surface area contributed by atoms with Crippen molar-refractivity contribution in [2.24, 2.45) is 11.7 Å². The number of benzene rings is 3. The molecule has 0 radical (unpaired) electrons. The van der Waals surface area contributed by atoms with Gasteiger partial charge in [-0.15, -0.1) is 0 Å². The molecule has 0 aromatic heterocycles. The van der Waals surface area contributed by atoms with Crippen LogP contribution in [0.4, 0.5) is 0 Å². The SMILES string of the molecule is NCc1ccc(OCC2CCC(C(c3ccccc3)c3ccccc3)OC2)cc1. The van der Waals surface area contributed by atoms with Gasteiger partial charge in [-0.2, -0.15) is 0 Å². The summed E-state index contributed by atoms with van der Waals surface area (Å²) in [6.07, 6.45) is 2.34. The van der Waals surface area contributed by atoms with E-state index >= 15 is 0 Å². The van der Waals surface area contributed by atoms with Gasteiger partial charge in [-0.1, -0.05) is 72.8 Å². The molecular formula is C26H29NO2. The quantitative estimate of drug-likeness (QED) is 0.610. The van der Waals surface area contributed by atoms with Crippen LogP contribution in [0.2, 0.25) is 0 Å². The first-order valence-corrected chi connectivity index (χ1v) is 10.5. The van der Waals surface area contributed by atoms with Gasteiger partial charge in [-0.05, 0) is 41.7 Å². The lowest BCUT2D eigenvalue weighted by Gasteiger charge is -2.34. The lowest BCUT2D eigenvalue weighted by atomic mass is 9.82. The van der Waals surface area contributed by atoms with E-state index in [1.165, 1.54) is 11.1 Å². The minimum Gasteiger partial charge on any atom is -0.493 e. The van der Waals surface area contributed by atoms with Gasteiger partial charge in [0.25, 0.3) is 0 Å². The molecular weight excluding hydrogens is 358 g/mol. The van der Waals surface area contributed by atoms with E-state index in [0.717, 1.165) is 30.8 Å². The average molecular weight is 388 g/mol. The van der Waals surface area contributed by atoms with E-state index in [2.05, 4.69) is 60.7 Å². The molecule has 4 rings (SSSR count). The first kappa shape index (κ1) is 19.7. The molecule has 0 spiro atoms. The van der Waals surface area contributed by atoms with E-state index in [-0.39, 0.29) is 12.0 Å². The topological polar surface area (TPSA) is 44.5 Å². The molecule has 1 aliphatic heterocycles. The van der Waals surface area contributed by atoms with E-state index in [0.29, 0.717) is 19.1 Å². The van der Waals surface area contributed by atoms with Gasteiger partial charge in [0, 0.05) is 18.4 Å². The Morgan fingerprint density at radius 3 is 1.97 bits per heavy atom. The number of hydrogen-bond acceptors (Lipinski definition) is 3. The predicted molar refractivity (Wildman–Crippen MR) is 117 cm³/mol.